The fourth-order valence-corrected chi connectivity index (χ4v) is 7.71. The summed E-state index contributed by atoms with van der Waals surface area (Å²) in [4.78, 5) is 6.22. The van der Waals surface area contributed by atoms with Crippen molar-refractivity contribution in [2.24, 2.45) is 22.7 Å². The molecule has 0 spiro atoms. The molecule has 4 heteroatoms. The summed E-state index contributed by atoms with van der Waals surface area (Å²) in [6.07, 6.45) is 8.07. The lowest BCUT2D eigenvalue weighted by Crippen LogP contribution is -2.59. The van der Waals surface area contributed by atoms with Crippen LogP contribution < -0.4 is 5.32 Å². The molecule has 26 heavy (non-hydrogen) atoms. The second kappa shape index (κ2) is 6.15. The molecule has 0 saturated heterocycles. The minimum absolute atomic E-state index is 0.163. The minimum atomic E-state index is 0.163. The van der Waals surface area contributed by atoms with E-state index in [0.717, 1.165) is 19.3 Å². The van der Waals surface area contributed by atoms with Crippen molar-refractivity contribution in [2.45, 2.75) is 71.3 Å². The van der Waals surface area contributed by atoms with Crippen molar-refractivity contribution < 1.29 is 5.11 Å². The summed E-state index contributed by atoms with van der Waals surface area (Å²) in [5, 5.41) is 15.2. The van der Waals surface area contributed by atoms with Crippen LogP contribution in [0.2, 0.25) is 0 Å². The van der Waals surface area contributed by atoms with Crippen LogP contribution in [0.4, 0.5) is 0 Å². The number of hydrogen-bond acceptors (Lipinski definition) is 4. The van der Waals surface area contributed by atoms with Crippen LogP contribution in [0.25, 0.3) is 0 Å². The van der Waals surface area contributed by atoms with Crippen LogP contribution in [0.1, 0.15) is 61.5 Å². The van der Waals surface area contributed by atoms with Crippen molar-refractivity contribution in [3.8, 4) is 0 Å². The van der Waals surface area contributed by atoms with Gasteiger partial charge in [0.15, 0.2) is 0 Å². The number of aliphatic hydroxyl groups excluding tert-OH is 1. The molecular weight excluding hydrogens is 340 g/mol. The first-order chi connectivity index (χ1) is 12.3. The highest BCUT2D eigenvalue weighted by Crippen LogP contribution is 2.62. The number of nitrogens with one attached hydrogen (secondary N) is 1. The highest BCUT2D eigenvalue weighted by molar-refractivity contribution is 7.11. The number of rotatable bonds is 3. The average Bonchev–Trinajstić information content (AvgIpc) is 3.10. The first-order valence-corrected chi connectivity index (χ1v) is 11.0. The molecule has 0 bridgehead atoms. The average molecular weight is 375 g/mol. The van der Waals surface area contributed by atoms with Crippen molar-refractivity contribution >= 4 is 11.3 Å². The Balaban J connectivity index is 1.67. The molecule has 0 aliphatic heterocycles. The Labute approximate surface area is 162 Å². The molecule has 2 N–H and O–H groups in total. The molecule has 3 aliphatic rings. The van der Waals surface area contributed by atoms with Gasteiger partial charge in [0, 0.05) is 22.4 Å². The Morgan fingerprint density at radius 3 is 2.81 bits per heavy atom. The molecule has 1 aromatic rings. The maximum Gasteiger partial charge on any atom is 0.0900 e. The molecule has 4 rings (SSSR count). The van der Waals surface area contributed by atoms with E-state index in [-0.39, 0.29) is 23.0 Å². The van der Waals surface area contributed by atoms with E-state index in [1.165, 1.54) is 46.8 Å². The Morgan fingerprint density at radius 2 is 2.12 bits per heavy atom. The maximum atomic E-state index is 10.2. The first-order valence-electron chi connectivity index (χ1n) is 10.2. The van der Waals surface area contributed by atoms with Gasteiger partial charge in [-0.3, -0.25) is 0 Å². The van der Waals surface area contributed by atoms with Gasteiger partial charge in [-0.15, -0.1) is 11.3 Å². The highest BCUT2D eigenvalue weighted by atomic mass is 32.1. The van der Waals surface area contributed by atoms with Gasteiger partial charge >= 0.3 is 0 Å². The fourth-order valence-electron chi connectivity index (χ4n) is 6.57. The number of aryl methyl sites for hydroxylation is 1. The van der Waals surface area contributed by atoms with Crippen LogP contribution in [0.5, 0.6) is 0 Å². The molecule has 2 fully saturated rings. The van der Waals surface area contributed by atoms with Crippen molar-refractivity contribution in [2.75, 3.05) is 13.7 Å². The number of hydrogen-bond donors (Lipinski definition) is 2. The van der Waals surface area contributed by atoms with E-state index in [1.807, 2.05) is 11.3 Å². The second-order valence-corrected chi connectivity index (χ2v) is 10.9. The van der Waals surface area contributed by atoms with Gasteiger partial charge in [-0.2, -0.15) is 0 Å². The topological polar surface area (TPSA) is 45.2 Å². The summed E-state index contributed by atoms with van der Waals surface area (Å²) in [6, 6.07) is 0. The SMILES string of the molecule is C=C1CC[C@@]2(NC)C[C@@H]([C@@]3(C)Cc4sc(C)nc4C[C@@H]3CO)CC[C@]12C. The van der Waals surface area contributed by atoms with Gasteiger partial charge in [0.2, 0.25) is 0 Å². The third kappa shape index (κ3) is 2.41. The molecule has 3 aliphatic carbocycles. The van der Waals surface area contributed by atoms with Crippen LogP contribution in [0, 0.1) is 29.6 Å². The number of aliphatic hydroxyl groups is 1. The molecule has 1 heterocycles. The second-order valence-electron chi connectivity index (χ2n) is 9.58. The number of nitrogens with zero attached hydrogens (tertiary/aromatic N) is 1. The Bertz CT molecular complexity index is 728. The van der Waals surface area contributed by atoms with Gasteiger partial charge < -0.3 is 10.4 Å². The number of fused-ring (bicyclic) bond motifs is 2. The standard InChI is InChI=1S/C22H34N2OS/c1-14-6-9-22(23-5)11-16(7-8-21(14,22)4)20(3)12-19-18(10-17(20)13-25)24-15(2)26-19/h16-17,23,25H,1,6-13H2,2-5H3/t16-,17+,20+,21+,22+/m0/s1. The highest BCUT2D eigenvalue weighted by Gasteiger charge is 2.59. The summed E-state index contributed by atoms with van der Waals surface area (Å²) in [6.45, 7) is 11.7. The van der Waals surface area contributed by atoms with Crippen LogP contribution in [0.3, 0.4) is 0 Å². The Hall–Kier alpha value is -0.710. The zero-order chi connectivity index (χ0) is 18.7. The molecule has 0 unspecified atom stereocenters. The lowest BCUT2D eigenvalue weighted by atomic mass is 9.51. The Kier molecular flexibility index (Phi) is 4.41. The van der Waals surface area contributed by atoms with E-state index >= 15 is 0 Å². The lowest BCUT2D eigenvalue weighted by molar-refractivity contribution is -0.0305. The van der Waals surface area contributed by atoms with E-state index in [9.17, 15) is 5.11 Å². The van der Waals surface area contributed by atoms with Gasteiger partial charge in [0.25, 0.3) is 0 Å². The van der Waals surface area contributed by atoms with E-state index in [2.05, 4.69) is 39.7 Å². The summed E-state index contributed by atoms with van der Waals surface area (Å²) >= 11 is 1.87. The fraction of sp³-hybridized carbons (Fsp3) is 0.773. The lowest BCUT2D eigenvalue weighted by Gasteiger charge is -2.56. The van der Waals surface area contributed by atoms with Crippen molar-refractivity contribution in [3.05, 3.63) is 27.7 Å². The zero-order valence-electron chi connectivity index (χ0n) is 16.8. The molecule has 1 aromatic heterocycles. The predicted octanol–water partition coefficient (Wildman–Crippen LogP) is 4.28. The third-order valence-corrected chi connectivity index (χ3v) is 9.72. The first kappa shape index (κ1) is 18.6. The monoisotopic (exact) mass is 374 g/mol. The van der Waals surface area contributed by atoms with Crippen LogP contribution >= 0.6 is 11.3 Å². The van der Waals surface area contributed by atoms with Gasteiger partial charge in [-0.1, -0.05) is 26.0 Å². The molecule has 2 saturated carbocycles. The number of thiazole rings is 1. The molecule has 5 atom stereocenters. The van der Waals surface area contributed by atoms with Gasteiger partial charge in [0.05, 0.1) is 10.7 Å². The predicted molar refractivity (Wildman–Crippen MR) is 109 cm³/mol. The minimum Gasteiger partial charge on any atom is -0.396 e. The van der Waals surface area contributed by atoms with Crippen LogP contribution in [0.15, 0.2) is 12.2 Å². The quantitative estimate of drug-likeness (QED) is 0.776. The van der Waals surface area contributed by atoms with Gasteiger partial charge in [-0.05, 0) is 76.2 Å². The van der Waals surface area contributed by atoms with Gasteiger partial charge in [-0.25, -0.2) is 4.98 Å². The zero-order valence-corrected chi connectivity index (χ0v) is 17.6. The van der Waals surface area contributed by atoms with E-state index < -0.39 is 0 Å². The molecule has 3 nitrogen and oxygen atoms in total. The summed E-state index contributed by atoms with van der Waals surface area (Å²) < 4.78 is 0. The number of aromatic nitrogens is 1. The summed E-state index contributed by atoms with van der Waals surface area (Å²) in [5.74, 6) is 0.964. The Morgan fingerprint density at radius 1 is 1.35 bits per heavy atom. The summed E-state index contributed by atoms with van der Waals surface area (Å²) in [7, 11) is 2.15. The van der Waals surface area contributed by atoms with Crippen LogP contribution in [-0.2, 0) is 12.8 Å². The maximum absolute atomic E-state index is 10.2. The molecule has 144 valence electrons. The molecule has 0 radical (unpaired) electrons. The van der Waals surface area contributed by atoms with Crippen molar-refractivity contribution in [3.63, 3.8) is 0 Å². The van der Waals surface area contributed by atoms with E-state index in [0.29, 0.717) is 11.8 Å². The molecular formula is C22H34N2OS. The van der Waals surface area contributed by atoms with Crippen LogP contribution in [-0.4, -0.2) is 29.3 Å². The van der Waals surface area contributed by atoms with Crippen molar-refractivity contribution in [1.29, 1.82) is 0 Å². The molecule has 0 amide bonds. The van der Waals surface area contributed by atoms with Gasteiger partial charge in [0.1, 0.15) is 0 Å². The third-order valence-electron chi connectivity index (χ3n) is 8.71. The molecule has 0 aromatic carbocycles. The van der Waals surface area contributed by atoms with E-state index in [4.69, 9.17) is 4.98 Å². The summed E-state index contributed by atoms with van der Waals surface area (Å²) in [5.41, 5.74) is 3.26. The van der Waals surface area contributed by atoms with E-state index in [1.54, 1.807) is 0 Å². The van der Waals surface area contributed by atoms with Crippen molar-refractivity contribution in [1.82, 2.24) is 10.3 Å². The largest absolute Gasteiger partial charge is 0.396 e. The smallest absolute Gasteiger partial charge is 0.0900 e. The normalized spacial score (nSPS) is 42.6.